The van der Waals surface area contributed by atoms with Crippen LogP contribution in [0.15, 0.2) is 24.7 Å². The first kappa shape index (κ1) is 17.5. The van der Waals surface area contributed by atoms with Gasteiger partial charge >= 0.3 is 0 Å². The molecule has 3 heterocycles. The van der Waals surface area contributed by atoms with Gasteiger partial charge in [0, 0.05) is 56.5 Å². The largest absolute Gasteiger partial charge is 0.367 e. The van der Waals surface area contributed by atoms with E-state index in [0.29, 0.717) is 19.4 Å². The van der Waals surface area contributed by atoms with Crippen molar-refractivity contribution >= 4 is 5.91 Å². The Balaban J connectivity index is 1.48. The van der Waals surface area contributed by atoms with Gasteiger partial charge in [0.15, 0.2) is 5.82 Å². The molecule has 0 spiro atoms. The van der Waals surface area contributed by atoms with Crippen LogP contribution in [0.25, 0.3) is 0 Å². The van der Waals surface area contributed by atoms with Gasteiger partial charge in [0.2, 0.25) is 5.91 Å². The zero-order valence-electron chi connectivity index (χ0n) is 14.9. The predicted molar refractivity (Wildman–Crippen MR) is 92.6 cm³/mol. The number of carbonyl (C=O) groups is 1. The molecule has 1 fully saturated rings. The quantitative estimate of drug-likeness (QED) is 0.866. The number of aryl methyl sites for hydroxylation is 2. The lowest BCUT2D eigenvalue weighted by atomic mass is 9.95. The molecule has 7 nitrogen and oxygen atoms in total. The second kappa shape index (κ2) is 7.74. The number of ether oxygens (including phenoxy) is 1. The standard InChI is InChI=1S/C18H25N5O2/c1-18(8-3-4-10-25-18)17-20-12-14(13-21-17)11-19-16(24)6-5-15-7-9-22-23(15)2/h7,9,12-13H,3-6,8,10-11H2,1-2H3,(H,19,24)/t18-/m1/s1. The van der Waals surface area contributed by atoms with Gasteiger partial charge in [-0.25, -0.2) is 9.97 Å². The van der Waals surface area contributed by atoms with Crippen LogP contribution in [0.4, 0.5) is 0 Å². The van der Waals surface area contributed by atoms with Gasteiger partial charge in [-0.15, -0.1) is 0 Å². The fourth-order valence-electron chi connectivity index (χ4n) is 3.01. The average molecular weight is 343 g/mol. The van der Waals surface area contributed by atoms with E-state index in [4.69, 9.17) is 4.74 Å². The molecular formula is C18H25N5O2. The third-order valence-corrected chi connectivity index (χ3v) is 4.67. The van der Waals surface area contributed by atoms with Crippen LogP contribution < -0.4 is 5.32 Å². The van der Waals surface area contributed by atoms with E-state index in [1.165, 1.54) is 0 Å². The van der Waals surface area contributed by atoms with Crippen molar-refractivity contribution in [3.8, 4) is 0 Å². The minimum atomic E-state index is -0.386. The maximum atomic E-state index is 12.0. The Morgan fingerprint density at radius 1 is 1.36 bits per heavy atom. The van der Waals surface area contributed by atoms with Crippen molar-refractivity contribution in [2.24, 2.45) is 7.05 Å². The first-order valence-electron chi connectivity index (χ1n) is 8.76. The Morgan fingerprint density at radius 3 is 2.80 bits per heavy atom. The Labute approximate surface area is 147 Å². The lowest BCUT2D eigenvalue weighted by Crippen LogP contribution is -2.32. The van der Waals surface area contributed by atoms with E-state index in [9.17, 15) is 4.79 Å². The summed E-state index contributed by atoms with van der Waals surface area (Å²) in [7, 11) is 1.88. The number of rotatable bonds is 6. The number of hydrogen-bond acceptors (Lipinski definition) is 5. The molecule has 0 aliphatic carbocycles. The van der Waals surface area contributed by atoms with Crippen molar-refractivity contribution in [3.05, 3.63) is 41.7 Å². The maximum absolute atomic E-state index is 12.0. The first-order chi connectivity index (χ1) is 12.1. The molecule has 0 saturated carbocycles. The van der Waals surface area contributed by atoms with E-state index in [1.807, 2.05) is 20.0 Å². The lowest BCUT2D eigenvalue weighted by molar-refractivity contribution is -0.121. The third kappa shape index (κ3) is 4.42. The normalized spacial score (nSPS) is 20.4. The van der Waals surface area contributed by atoms with E-state index in [-0.39, 0.29) is 11.5 Å². The van der Waals surface area contributed by atoms with E-state index in [2.05, 4.69) is 20.4 Å². The lowest BCUT2D eigenvalue weighted by Gasteiger charge is -2.32. The summed E-state index contributed by atoms with van der Waals surface area (Å²) >= 11 is 0. The molecule has 0 aromatic carbocycles. The first-order valence-corrected chi connectivity index (χ1v) is 8.76. The molecule has 0 radical (unpaired) electrons. The van der Waals surface area contributed by atoms with Crippen LogP contribution in [0.3, 0.4) is 0 Å². The van der Waals surface area contributed by atoms with Gasteiger partial charge in [0.1, 0.15) is 5.60 Å². The van der Waals surface area contributed by atoms with Crippen molar-refractivity contribution < 1.29 is 9.53 Å². The number of hydrogen-bond donors (Lipinski definition) is 1. The molecule has 7 heteroatoms. The second-order valence-corrected chi connectivity index (χ2v) is 6.67. The Hall–Kier alpha value is -2.28. The van der Waals surface area contributed by atoms with Crippen LogP contribution in [-0.2, 0) is 35.1 Å². The van der Waals surface area contributed by atoms with Crippen molar-refractivity contribution in [2.45, 2.75) is 51.2 Å². The molecular weight excluding hydrogens is 318 g/mol. The molecule has 1 aliphatic rings. The van der Waals surface area contributed by atoms with Gasteiger partial charge in [-0.3, -0.25) is 9.48 Å². The fraction of sp³-hybridized carbons (Fsp3) is 0.556. The van der Waals surface area contributed by atoms with Crippen LogP contribution in [0.1, 0.15) is 49.7 Å². The van der Waals surface area contributed by atoms with E-state index in [0.717, 1.165) is 43.0 Å². The zero-order valence-corrected chi connectivity index (χ0v) is 14.9. The highest BCUT2D eigenvalue weighted by Crippen LogP contribution is 2.32. The minimum absolute atomic E-state index is 0.00727. The molecule has 134 valence electrons. The van der Waals surface area contributed by atoms with Gasteiger partial charge in [-0.05, 0) is 38.7 Å². The van der Waals surface area contributed by atoms with Crippen molar-refractivity contribution in [1.29, 1.82) is 0 Å². The molecule has 1 aliphatic heterocycles. The van der Waals surface area contributed by atoms with Crippen LogP contribution in [0.5, 0.6) is 0 Å². The average Bonchev–Trinajstić information content (AvgIpc) is 3.04. The van der Waals surface area contributed by atoms with Crippen LogP contribution in [-0.4, -0.2) is 32.3 Å². The third-order valence-electron chi connectivity index (χ3n) is 4.67. The number of carbonyl (C=O) groups excluding carboxylic acids is 1. The Morgan fingerprint density at radius 2 is 2.16 bits per heavy atom. The van der Waals surface area contributed by atoms with Gasteiger partial charge in [0.05, 0.1) is 0 Å². The second-order valence-electron chi connectivity index (χ2n) is 6.67. The number of aromatic nitrogens is 4. The Bertz CT molecular complexity index is 705. The van der Waals surface area contributed by atoms with Crippen LogP contribution in [0, 0.1) is 0 Å². The van der Waals surface area contributed by atoms with E-state index >= 15 is 0 Å². The molecule has 0 bridgehead atoms. The van der Waals surface area contributed by atoms with Crippen LogP contribution >= 0.6 is 0 Å². The van der Waals surface area contributed by atoms with Crippen molar-refractivity contribution in [3.63, 3.8) is 0 Å². The fourth-order valence-corrected chi connectivity index (χ4v) is 3.01. The Kier molecular flexibility index (Phi) is 5.43. The van der Waals surface area contributed by atoms with Gasteiger partial charge < -0.3 is 10.1 Å². The number of nitrogens with one attached hydrogen (secondary N) is 1. The summed E-state index contributed by atoms with van der Waals surface area (Å²) in [6, 6.07) is 1.92. The monoisotopic (exact) mass is 343 g/mol. The molecule has 2 aromatic heterocycles. The molecule has 1 atom stereocenters. The summed E-state index contributed by atoms with van der Waals surface area (Å²) in [5.74, 6) is 0.728. The molecule has 3 rings (SSSR count). The van der Waals surface area contributed by atoms with E-state index in [1.54, 1.807) is 23.3 Å². The molecule has 1 N–H and O–H groups in total. The topological polar surface area (TPSA) is 81.9 Å². The summed E-state index contributed by atoms with van der Waals surface area (Å²) in [5, 5.41) is 7.01. The van der Waals surface area contributed by atoms with Gasteiger partial charge in [-0.2, -0.15) is 5.10 Å². The van der Waals surface area contributed by atoms with Gasteiger partial charge in [-0.1, -0.05) is 0 Å². The molecule has 0 unspecified atom stereocenters. The summed E-state index contributed by atoms with van der Waals surface area (Å²) in [6.45, 7) is 3.23. The summed E-state index contributed by atoms with van der Waals surface area (Å²) in [5.41, 5.74) is 1.55. The van der Waals surface area contributed by atoms with Gasteiger partial charge in [0.25, 0.3) is 0 Å². The SMILES string of the molecule is Cn1nccc1CCC(=O)NCc1cnc([C@@]2(C)CCCCO2)nc1. The van der Waals surface area contributed by atoms with Crippen molar-refractivity contribution in [2.75, 3.05) is 6.61 Å². The zero-order chi connectivity index (χ0) is 17.7. The summed E-state index contributed by atoms with van der Waals surface area (Å²) in [6.07, 6.45) is 9.56. The molecule has 1 saturated heterocycles. The minimum Gasteiger partial charge on any atom is -0.367 e. The summed E-state index contributed by atoms with van der Waals surface area (Å²) in [4.78, 5) is 20.9. The highest BCUT2D eigenvalue weighted by atomic mass is 16.5. The molecule has 2 aromatic rings. The van der Waals surface area contributed by atoms with Crippen molar-refractivity contribution in [1.82, 2.24) is 25.1 Å². The maximum Gasteiger partial charge on any atom is 0.220 e. The summed E-state index contributed by atoms with van der Waals surface area (Å²) < 4.78 is 7.65. The number of nitrogens with zero attached hydrogens (tertiary/aromatic N) is 4. The number of amides is 1. The molecule has 25 heavy (non-hydrogen) atoms. The molecule has 1 amide bonds. The van der Waals surface area contributed by atoms with Crippen LogP contribution in [0.2, 0.25) is 0 Å². The van der Waals surface area contributed by atoms with E-state index < -0.39 is 0 Å². The predicted octanol–water partition coefficient (Wildman–Crippen LogP) is 1.87. The highest BCUT2D eigenvalue weighted by molar-refractivity contribution is 5.76. The highest BCUT2D eigenvalue weighted by Gasteiger charge is 2.32. The smallest absolute Gasteiger partial charge is 0.220 e.